The Morgan fingerprint density at radius 1 is 1.32 bits per heavy atom. The zero-order valence-electron chi connectivity index (χ0n) is 17.1. The minimum absolute atomic E-state index is 0. The molecule has 0 aromatic heterocycles. The highest BCUT2D eigenvalue weighted by Gasteiger charge is 2.40. The molecule has 1 saturated heterocycles. The van der Waals surface area contributed by atoms with Gasteiger partial charge in [-0.05, 0) is 32.9 Å². The minimum atomic E-state index is -3.06. The van der Waals surface area contributed by atoms with Gasteiger partial charge in [0.1, 0.15) is 11.5 Å². The van der Waals surface area contributed by atoms with Gasteiger partial charge in [0.2, 0.25) is 0 Å². The van der Waals surface area contributed by atoms with Crippen LogP contribution in [0.1, 0.15) is 27.2 Å². The topological polar surface area (TPSA) is 80.2 Å². The number of rotatable bonds is 7. The van der Waals surface area contributed by atoms with Gasteiger partial charge < -0.3 is 19.7 Å². The number of ether oxygens (including phenoxy) is 2. The molecular formula is C19H32IN3O4S. The molecule has 0 unspecified atom stereocenters. The summed E-state index contributed by atoms with van der Waals surface area (Å²) in [5.74, 6) is 2.46. The van der Waals surface area contributed by atoms with E-state index in [0.29, 0.717) is 26.2 Å². The maximum atomic E-state index is 12.2. The third-order valence-corrected chi connectivity index (χ3v) is 7.08. The number of methoxy groups -OCH3 is 1. The molecule has 1 aromatic carbocycles. The second-order valence-corrected chi connectivity index (χ2v) is 9.86. The molecule has 0 aliphatic carbocycles. The van der Waals surface area contributed by atoms with Gasteiger partial charge in [-0.2, -0.15) is 0 Å². The van der Waals surface area contributed by atoms with Crippen LogP contribution in [0.5, 0.6) is 11.5 Å². The number of hydrogen-bond acceptors (Lipinski definition) is 5. The molecule has 1 heterocycles. The number of aliphatic imine (C=N–C) groups is 1. The molecule has 0 saturated carbocycles. The van der Waals surface area contributed by atoms with Crippen LogP contribution in [0.15, 0.2) is 29.3 Å². The number of nitrogens with one attached hydrogen (secondary N) is 1. The first-order valence-corrected chi connectivity index (χ1v) is 11.0. The highest BCUT2D eigenvalue weighted by Crippen LogP contribution is 2.23. The lowest BCUT2D eigenvalue weighted by Crippen LogP contribution is -2.57. The summed E-state index contributed by atoms with van der Waals surface area (Å²) in [6.07, 6.45) is 0.766. The van der Waals surface area contributed by atoms with Crippen LogP contribution < -0.4 is 14.8 Å². The molecule has 7 nitrogen and oxygen atoms in total. The summed E-state index contributed by atoms with van der Waals surface area (Å²) in [7, 11) is -1.43. The number of sulfone groups is 1. The Morgan fingerprint density at radius 2 is 2.04 bits per heavy atom. The molecule has 0 spiro atoms. The Bertz CT molecular complexity index is 753. The fourth-order valence-electron chi connectivity index (χ4n) is 2.88. The van der Waals surface area contributed by atoms with Gasteiger partial charge in [0.25, 0.3) is 0 Å². The number of benzene rings is 1. The predicted octanol–water partition coefficient (Wildman–Crippen LogP) is 2.56. The van der Waals surface area contributed by atoms with Crippen molar-refractivity contribution in [3.63, 3.8) is 0 Å². The van der Waals surface area contributed by atoms with Gasteiger partial charge in [0.15, 0.2) is 15.8 Å². The average molecular weight is 525 g/mol. The Hall–Kier alpha value is -1.23. The molecule has 1 fully saturated rings. The molecule has 0 amide bonds. The third-order valence-electron chi connectivity index (χ3n) is 4.55. The van der Waals surface area contributed by atoms with E-state index < -0.39 is 14.6 Å². The molecular weight excluding hydrogens is 493 g/mol. The zero-order valence-corrected chi connectivity index (χ0v) is 20.2. The fourth-order valence-corrected chi connectivity index (χ4v) is 4.25. The maximum Gasteiger partial charge on any atom is 0.193 e. The van der Waals surface area contributed by atoms with Crippen LogP contribution in [0, 0.1) is 0 Å². The smallest absolute Gasteiger partial charge is 0.193 e. The van der Waals surface area contributed by atoms with Crippen LogP contribution in [0.4, 0.5) is 0 Å². The van der Waals surface area contributed by atoms with Crippen LogP contribution in [-0.4, -0.2) is 69.7 Å². The fraction of sp³-hybridized carbons (Fsp3) is 0.632. The number of nitrogens with zero attached hydrogens (tertiary/aromatic N) is 2. The van der Waals surface area contributed by atoms with Crippen molar-refractivity contribution in [2.24, 2.45) is 4.99 Å². The Labute approximate surface area is 185 Å². The molecule has 1 N–H and O–H groups in total. The second-order valence-electron chi connectivity index (χ2n) is 7.12. The summed E-state index contributed by atoms with van der Waals surface area (Å²) in [5, 5.41) is 3.26. The van der Waals surface area contributed by atoms with Crippen LogP contribution in [0.3, 0.4) is 0 Å². The van der Waals surface area contributed by atoms with E-state index in [1.54, 1.807) is 21.0 Å². The van der Waals surface area contributed by atoms with Crippen molar-refractivity contribution in [1.29, 1.82) is 0 Å². The van der Waals surface area contributed by atoms with Crippen molar-refractivity contribution in [1.82, 2.24) is 10.2 Å². The van der Waals surface area contributed by atoms with Crippen molar-refractivity contribution in [3.05, 3.63) is 24.3 Å². The van der Waals surface area contributed by atoms with Gasteiger partial charge in [-0.15, -0.1) is 24.0 Å². The summed E-state index contributed by atoms with van der Waals surface area (Å²) in [4.78, 5) is 6.68. The zero-order chi connectivity index (χ0) is 19.9. The highest BCUT2D eigenvalue weighted by molar-refractivity contribution is 14.0. The Morgan fingerprint density at radius 3 is 2.68 bits per heavy atom. The first-order valence-electron chi connectivity index (χ1n) is 9.31. The monoisotopic (exact) mass is 525 g/mol. The average Bonchev–Trinajstić information content (AvgIpc) is 2.63. The number of halogens is 1. The van der Waals surface area contributed by atoms with E-state index >= 15 is 0 Å². The summed E-state index contributed by atoms with van der Waals surface area (Å²) < 4.78 is 34.5. The van der Waals surface area contributed by atoms with E-state index in [1.165, 1.54) is 0 Å². The number of guanidine groups is 1. The Kier molecular flexibility index (Phi) is 9.82. The largest absolute Gasteiger partial charge is 0.497 e. The van der Waals surface area contributed by atoms with E-state index in [0.717, 1.165) is 30.4 Å². The second kappa shape index (κ2) is 11.1. The lowest BCUT2D eigenvalue weighted by atomic mass is 10.2. The van der Waals surface area contributed by atoms with E-state index in [2.05, 4.69) is 10.3 Å². The lowest BCUT2D eigenvalue weighted by Gasteiger charge is -2.39. The van der Waals surface area contributed by atoms with Gasteiger partial charge in [-0.25, -0.2) is 8.42 Å². The molecule has 2 rings (SSSR count). The molecule has 1 aromatic rings. The molecule has 9 heteroatoms. The number of hydrogen-bond donors (Lipinski definition) is 1. The first kappa shape index (κ1) is 24.8. The summed E-state index contributed by atoms with van der Waals surface area (Å²) >= 11 is 0. The molecule has 1 aliphatic heterocycles. The quantitative estimate of drug-likeness (QED) is 0.255. The van der Waals surface area contributed by atoms with Gasteiger partial charge in [-0.1, -0.05) is 6.07 Å². The summed E-state index contributed by atoms with van der Waals surface area (Å²) in [6, 6.07) is 7.51. The van der Waals surface area contributed by atoms with E-state index in [9.17, 15) is 8.42 Å². The van der Waals surface area contributed by atoms with Gasteiger partial charge in [0.05, 0.1) is 24.2 Å². The van der Waals surface area contributed by atoms with Crippen LogP contribution >= 0.6 is 24.0 Å². The van der Waals surface area contributed by atoms with Crippen LogP contribution in [0.25, 0.3) is 0 Å². The molecule has 160 valence electrons. The lowest BCUT2D eigenvalue weighted by molar-refractivity contribution is 0.310. The maximum absolute atomic E-state index is 12.2. The van der Waals surface area contributed by atoms with E-state index in [4.69, 9.17) is 9.47 Å². The molecule has 0 bridgehead atoms. The van der Waals surface area contributed by atoms with Crippen molar-refractivity contribution >= 4 is 39.8 Å². The van der Waals surface area contributed by atoms with Crippen LogP contribution in [-0.2, 0) is 9.84 Å². The van der Waals surface area contributed by atoms with Gasteiger partial charge in [0, 0.05) is 38.7 Å². The molecule has 28 heavy (non-hydrogen) atoms. The van der Waals surface area contributed by atoms with Crippen molar-refractivity contribution in [3.8, 4) is 11.5 Å². The SMILES string of the molecule is CCNC(=NCCCOc1cccc(OC)c1)N1CCS(=O)(=O)C(C)(C)C1.I. The van der Waals surface area contributed by atoms with Gasteiger partial charge >= 0.3 is 0 Å². The normalized spacial score (nSPS) is 18.1. The van der Waals surface area contributed by atoms with Crippen molar-refractivity contribution in [2.75, 3.05) is 45.6 Å². The van der Waals surface area contributed by atoms with Crippen molar-refractivity contribution < 1.29 is 17.9 Å². The molecule has 0 radical (unpaired) electrons. The Balaban J connectivity index is 0.00000392. The summed E-state index contributed by atoms with van der Waals surface area (Å²) in [6.45, 7) is 8.38. The minimum Gasteiger partial charge on any atom is -0.497 e. The first-order chi connectivity index (χ1) is 12.8. The predicted molar refractivity (Wildman–Crippen MR) is 124 cm³/mol. The van der Waals surface area contributed by atoms with E-state index in [1.807, 2.05) is 36.1 Å². The summed E-state index contributed by atoms with van der Waals surface area (Å²) in [5.41, 5.74) is 0. The van der Waals surface area contributed by atoms with Crippen molar-refractivity contribution in [2.45, 2.75) is 31.9 Å². The highest BCUT2D eigenvalue weighted by atomic mass is 127. The molecule has 1 aliphatic rings. The van der Waals surface area contributed by atoms with Crippen LogP contribution in [0.2, 0.25) is 0 Å². The van der Waals surface area contributed by atoms with E-state index in [-0.39, 0.29) is 29.7 Å². The van der Waals surface area contributed by atoms with Gasteiger partial charge in [-0.3, -0.25) is 4.99 Å². The third kappa shape index (κ3) is 6.68. The standard InChI is InChI=1S/C19H31N3O4S.HI/c1-5-20-18(22-11-13-27(23,24)19(2,3)15-22)21-10-7-12-26-17-9-6-8-16(14-17)25-4;/h6,8-9,14H,5,7,10-13,15H2,1-4H3,(H,20,21);1H. The molecule has 0 atom stereocenters.